The molecule has 1 aliphatic rings. The van der Waals surface area contributed by atoms with Crippen molar-refractivity contribution in [1.82, 2.24) is 0 Å². The quantitative estimate of drug-likeness (QED) is 0.671. The topological polar surface area (TPSA) is 43.4 Å². The predicted molar refractivity (Wildman–Crippen MR) is 61.9 cm³/mol. The van der Waals surface area contributed by atoms with Gasteiger partial charge in [-0.15, -0.1) is 0 Å². The number of hydrogen-bond donors (Lipinski definition) is 0. The monoisotopic (exact) mass is 222 g/mol. The van der Waals surface area contributed by atoms with Gasteiger partial charge in [0.15, 0.2) is 11.5 Å². The summed E-state index contributed by atoms with van der Waals surface area (Å²) in [7, 11) is 1.41. The zero-order chi connectivity index (χ0) is 12.1. The summed E-state index contributed by atoms with van der Waals surface area (Å²) in [5.74, 6) is 0.319. The molecule has 0 amide bonds. The number of rotatable bonds is 5. The van der Waals surface area contributed by atoms with Crippen molar-refractivity contribution in [2.24, 2.45) is 5.92 Å². The lowest BCUT2D eigenvalue weighted by Gasteiger charge is -2.17. The van der Waals surface area contributed by atoms with Gasteiger partial charge in [-0.2, -0.15) is 0 Å². The predicted octanol–water partition coefficient (Wildman–Crippen LogP) is 2.42. The Labute approximate surface area is 96.2 Å². The highest BCUT2D eigenvalue weighted by Crippen LogP contribution is 2.23. The molecule has 3 heteroatoms. The Morgan fingerprint density at radius 2 is 1.81 bits per heavy atom. The second-order valence-electron chi connectivity index (χ2n) is 4.00. The molecule has 88 valence electrons. The number of carbonyl (C=O) groups excluding carboxylic acids is 2. The first-order chi connectivity index (χ1) is 7.62. The van der Waals surface area contributed by atoms with E-state index in [0.717, 1.165) is 12.8 Å². The van der Waals surface area contributed by atoms with E-state index in [0.29, 0.717) is 17.9 Å². The van der Waals surface area contributed by atoms with E-state index in [2.05, 4.69) is 13.8 Å². The summed E-state index contributed by atoms with van der Waals surface area (Å²) in [5.41, 5.74) is 0.582. The van der Waals surface area contributed by atoms with E-state index in [1.54, 1.807) is 0 Å². The molecule has 0 aromatic carbocycles. The molecule has 0 saturated heterocycles. The molecule has 1 aliphatic carbocycles. The number of Topliss-reactive ketones (excluding diaryl/α,β-unsaturated/α-hetero) is 1. The standard InChI is InChI=1S/C13H18O3/c1-4-9(5-2)6-10-7-11(14)8-12(16-3)13(10)15/h7-9H,4-6H2,1-3H3. The van der Waals surface area contributed by atoms with Gasteiger partial charge in [0.05, 0.1) is 7.11 Å². The Morgan fingerprint density at radius 3 is 2.31 bits per heavy atom. The number of allylic oxidation sites excluding steroid dienone is 3. The molecule has 0 aromatic heterocycles. The van der Waals surface area contributed by atoms with Crippen molar-refractivity contribution in [2.75, 3.05) is 7.11 Å². The minimum absolute atomic E-state index is 0.144. The van der Waals surface area contributed by atoms with Crippen molar-refractivity contribution < 1.29 is 14.3 Å². The van der Waals surface area contributed by atoms with E-state index in [1.165, 1.54) is 19.3 Å². The van der Waals surface area contributed by atoms with Gasteiger partial charge in [-0.25, -0.2) is 0 Å². The van der Waals surface area contributed by atoms with Crippen LogP contribution < -0.4 is 0 Å². The van der Waals surface area contributed by atoms with Gasteiger partial charge in [-0.3, -0.25) is 9.59 Å². The lowest BCUT2D eigenvalue weighted by atomic mass is 9.89. The largest absolute Gasteiger partial charge is 0.493 e. The van der Waals surface area contributed by atoms with Crippen LogP contribution in [-0.2, 0) is 14.3 Å². The summed E-state index contributed by atoms with van der Waals surface area (Å²) in [6.07, 6.45) is 5.38. The maximum absolute atomic E-state index is 11.9. The van der Waals surface area contributed by atoms with Crippen LogP contribution in [0.3, 0.4) is 0 Å². The number of methoxy groups -OCH3 is 1. The Kier molecular flexibility index (Phi) is 4.47. The van der Waals surface area contributed by atoms with Crippen molar-refractivity contribution in [3.05, 3.63) is 23.5 Å². The molecule has 0 radical (unpaired) electrons. The summed E-state index contributed by atoms with van der Waals surface area (Å²) in [6.45, 7) is 4.19. The SMILES string of the molecule is CCC(CC)CC1=CC(=O)C=C(OC)C1=O. The first-order valence-corrected chi connectivity index (χ1v) is 5.67. The number of ether oxygens (including phenoxy) is 1. The number of carbonyl (C=O) groups is 2. The highest BCUT2D eigenvalue weighted by atomic mass is 16.5. The van der Waals surface area contributed by atoms with E-state index in [4.69, 9.17) is 4.74 Å². The van der Waals surface area contributed by atoms with Gasteiger partial charge in [0.2, 0.25) is 5.78 Å². The second kappa shape index (κ2) is 5.64. The number of ketones is 2. The average molecular weight is 222 g/mol. The molecule has 0 unspecified atom stereocenters. The highest BCUT2D eigenvalue weighted by molar-refractivity contribution is 6.19. The lowest BCUT2D eigenvalue weighted by Crippen LogP contribution is -2.17. The average Bonchev–Trinajstić information content (AvgIpc) is 2.29. The van der Waals surface area contributed by atoms with Gasteiger partial charge in [-0.1, -0.05) is 26.7 Å². The van der Waals surface area contributed by atoms with Crippen molar-refractivity contribution in [1.29, 1.82) is 0 Å². The van der Waals surface area contributed by atoms with Gasteiger partial charge in [-0.05, 0) is 18.4 Å². The second-order valence-corrected chi connectivity index (χ2v) is 4.00. The van der Waals surface area contributed by atoms with Crippen LogP contribution in [0.15, 0.2) is 23.5 Å². The highest BCUT2D eigenvalue weighted by Gasteiger charge is 2.23. The summed E-state index contributed by atoms with van der Waals surface area (Å²) in [4.78, 5) is 23.2. The van der Waals surface area contributed by atoms with E-state index >= 15 is 0 Å². The molecule has 0 atom stereocenters. The molecule has 0 bridgehead atoms. The molecular weight excluding hydrogens is 204 g/mol. The van der Waals surface area contributed by atoms with Crippen LogP contribution in [0, 0.1) is 5.92 Å². The normalized spacial score (nSPS) is 16.2. The zero-order valence-electron chi connectivity index (χ0n) is 10.1. The maximum atomic E-state index is 11.9. The molecule has 0 heterocycles. The third-order valence-corrected chi connectivity index (χ3v) is 2.99. The van der Waals surface area contributed by atoms with Crippen LogP contribution in [0.1, 0.15) is 33.1 Å². The molecule has 0 saturated carbocycles. The van der Waals surface area contributed by atoms with Crippen molar-refractivity contribution in [3.8, 4) is 0 Å². The Morgan fingerprint density at radius 1 is 1.19 bits per heavy atom. The Hall–Kier alpha value is -1.38. The van der Waals surface area contributed by atoms with Gasteiger partial charge in [0.25, 0.3) is 0 Å². The van der Waals surface area contributed by atoms with E-state index in [1.807, 2.05) is 0 Å². The molecule has 0 aromatic rings. The van der Waals surface area contributed by atoms with Crippen LogP contribution in [0.4, 0.5) is 0 Å². The fourth-order valence-corrected chi connectivity index (χ4v) is 1.82. The molecule has 0 fully saturated rings. The van der Waals surface area contributed by atoms with Crippen LogP contribution in [0.5, 0.6) is 0 Å². The third-order valence-electron chi connectivity index (χ3n) is 2.99. The van der Waals surface area contributed by atoms with E-state index in [-0.39, 0.29) is 17.3 Å². The minimum atomic E-state index is -0.155. The molecule has 3 nitrogen and oxygen atoms in total. The fourth-order valence-electron chi connectivity index (χ4n) is 1.82. The molecule has 0 aliphatic heterocycles. The molecular formula is C13H18O3. The van der Waals surface area contributed by atoms with Gasteiger partial charge in [0.1, 0.15) is 0 Å². The van der Waals surface area contributed by atoms with Crippen molar-refractivity contribution in [2.45, 2.75) is 33.1 Å². The third kappa shape index (κ3) is 2.81. The smallest absolute Gasteiger partial charge is 0.223 e. The minimum Gasteiger partial charge on any atom is -0.493 e. The summed E-state index contributed by atoms with van der Waals surface area (Å²) >= 11 is 0. The first kappa shape index (κ1) is 12.7. The van der Waals surface area contributed by atoms with Crippen molar-refractivity contribution in [3.63, 3.8) is 0 Å². The summed E-state index contributed by atoms with van der Waals surface area (Å²) in [6, 6.07) is 0. The van der Waals surface area contributed by atoms with Crippen LogP contribution in [0.2, 0.25) is 0 Å². The Bertz CT molecular complexity index is 346. The summed E-state index contributed by atoms with van der Waals surface area (Å²) < 4.78 is 4.90. The van der Waals surface area contributed by atoms with Crippen LogP contribution in [0.25, 0.3) is 0 Å². The number of hydrogen-bond acceptors (Lipinski definition) is 3. The first-order valence-electron chi connectivity index (χ1n) is 5.67. The lowest BCUT2D eigenvalue weighted by molar-refractivity contribution is -0.117. The van der Waals surface area contributed by atoms with Gasteiger partial charge < -0.3 is 4.74 Å². The fraction of sp³-hybridized carbons (Fsp3) is 0.538. The summed E-state index contributed by atoms with van der Waals surface area (Å²) in [5, 5.41) is 0. The molecule has 0 N–H and O–H groups in total. The van der Waals surface area contributed by atoms with E-state index < -0.39 is 0 Å². The van der Waals surface area contributed by atoms with Crippen LogP contribution in [-0.4, -0.2) is 18.7 Å². The van der Waals surface area contributed by atoms with Crippen molar-refractivity contribution >= 4 is 11.6 Å². The van der Waals surface area contributed by atoms with Crippen LogP contribution >= 0.6 is 0 Å². The van der Waals surface area contributed by atoms with E-state index in [9.17, 15) is 9.59 Å². The maximum Gasteiger partial charge on any atom is 0.223 e. The molecule has 1 rings (SSSR count). The molecule has 0 spiro atoms. The molecule has 16 heavy (non-hydrogen) atoms. The van der Waals surface area contributed by atoms with Gasteiger partial charge >= 0.3 is 0 Å². The zero-order valence-corrected chi connectivity index (χ0v) is 10.1. The van der Waals surface area contributed by atoms with Gasteiger partial charge in [0, 0.05) is 11.6 Å². The Balaban J connectivity index is 2.81.